The summed E-state index contributed by atoms with van der Waals surface area (Å²) in [6.45, 7) is 3.65. The van der Waals surface area contributed by atoms with Gasteiger partial charge in [-0.05, 0) is 25.5 Å². The molecule has 0 saturated carbocycles. The van der Waals surface area contributed by atoms with Crippen LogP contribution in [0.15, 0.2) is 52.6 Å². The van der Waals surface area contributed by atoms with E-state index in [1.54, 1.807) is 13.0 Å². The first-order chi connectivity index (χ1) is 11.5. The van der Waals surface area contributed by atoms with Gasteiger partial charge in [0.05, 0.1) is 11.7 Å². The van der Waals surface area contributed by atoms with Gasteiger partial charge in [-0.15, -0.1) is 11.3 Å². The van der Waals surface area contributed by atoms with E-state index < -0.39 is 0 Å². The fourth-order valence-corrected chi connectivity index (χ4v) is 3.20. The van der Waals surface area contributed by atoms with Crippen molar-refractivity contribution in [2.45, 2.75) is 19.9 Å². The van der Waals surface area contributed by atoms with Crippen molar-refractivity contribution in [3.8, 4) is 11.3 Å². The van der Waals surface area contributed by atoms with Gasteiger partial charge in [0.15, 0.2) is 0 Å². The Morgan fingerprint density at radius 2 is 2.00 bits per heavy atom. The van der Waals surface area contributed by atoms with Crippen LogP contribution in [0.4, 0.5) is 0 Å². The van der Waals surface area contributed by atoms with Crippen molar-refractivity contribution in [1.29, 1.82) is 0 Å². The van der Waals surface area contributed by atoms with E-state index in [2.05, 4.69) is 15.3 Å². The highest BCUT2D eigenvalue weighted by molar-refractivity contribution is 7.10. The highest BCUT2D eigenvalue weighted by Crippen LogP contribution is 2.25. The first kappa shape index (κ1) is 16.1. The molecule has 6 heteroatoms. The number of H-pyrrole nitrogens is 1. The highest BCUT2D eigenvalue weighted by Gasteiger charge is 2.16. The van der Waals surface area contributed by atoms with E-state index in [0.717, 1.165) is 21.8 Å². The number of aromatic amines is 1. The van der Waals surface area contributed by atoms with Crippen LogP contribution in [0.5, 0.6) is 0 Å². The summed E-state index contributed by atoms with van der Waals surface area (Å²) in [7, 11) is 0. The molecule has 0 radical (unpaired) electrons. The molecule has 2 aromatic heterocycles. The zero-order valence-electron chi connectivity index (χ0n) is 13.4. The zero-order valence-corrected chi connectivity index (χ0v) is 14.2. The minimum absolute atomic E-state index is 0.246. The van der Waals surface area contributed by atoms with E-state index in [1.165, 1.54) is 17.4 Å². The molecule has 0 fully saturated rings. The van der Waals surface area contributed by atoms with E-state index in [-0.39, 0.29) is 23.2 Å². The Hall–Kier alpha value is -2.73. The number of nitrogens with one attached hydrogen (secondary N) is 2. The molecular weight excluding hydrogens is 322 g/mol. The number of carbonyl (C=O) groups excluding carboxylic acids is 1. The van der Waals surface area contributed by atoms with Crippen molar-refractivity contribution in [3.63, 3.8) is 0 Å². The van der Waals surface area contributed by atoms with Crippen molar-refractivity contribution < 1.29 is 4.79 Å². The predicted molar refractivity (Wildman–Crippen MR) is 95.2 cm³/mol. The standard InChI is InChI=1S/C18H17N3O2S/c1-11-8-14(20-16(22)9-11)17(23)19-12(2)18-21-15(10-24-18)13-6-4-3-5-7-13/h3-10,12H,1-2H3,(H,19,23)(H,20,22)/t12-/m1/s1. The van der Waals surface area contributed by atoms with Gasteiger partial charge in [0.1, 0.15) is 10.7 Å². The number of nitrogens with zero attached hydrogens (tertiary/aromatic N) is 1. The first-order valence-corrected chi connectivity index (χ1v) is 8.43. The number of aromatic nitrogens is 2. The number of rotatable bonds is 4. The van der Waals surface area contributed by atoms with E-state index in [1.807, 2.05) is 42.6 Å². The van der Waals surface area contributed by atoms with Crippen LogP contribution >= 0.6 is 11.3 Å². The molecule has 0 aliphatic carbocycles. The third-order valence-electron chi connectivity index (χ3n) is 3.54. The van der Waals surface area contributed by atoms with E-state index >= 15 is 0 Å². The number of thiazole rings is 1. The number of amides is 1. The second-order valence-electron chi connectivity index (χ2n) is 5.57. The summed E-state index contributed by atoms with van der Waals surface area (Å²) in [5, 5.41) is 5.66. The minimum Gasteiger partial charge on any atom is -0.342 e. The largest absolute Gasteiger partial charge is 0.342 e. The topological polar surface area (TPSA) is 74.8 Å². The summed E-state index contributed by atoms with van der Waals surface area (Å²) in [5.74, 6) is -0.320. The minimum atomic E-state index is -0.320. The van der Waals surface area contributed by atoms with Gasteiger partial charge >= 0.3 is 0 Å². The molecule has 0 aliphatic heterocycles. The Bertz CT molecular complexity index is 915. The molecule has 2 heterocycles. The van der Waals surface area contributed by atoms with Gasteiger partial charge in [0, 0.05) is 17.0 Å². The van der Waals surface area contributed by atoms with Crippen molar-refractivity contribution in [3.05, 3.63) is 74.5 Å². The molecule has 0 saturated heterocycles. The van der Waals surface area contributed by atoms with Crippen LogP contribution in [0.2, 0.25) is 0 Å². The van der Waals surface area contributed by atoms with Crippen molar-refractivity contribution in [2.75, 3.05) is 0 Å². The number of carbonyl (C=O) groups is 1. The van der Waals surface area contributed by atoms with Crippen LogP contribution in [-0.2, 0) is 0 Å². The normalized spacial score (nSPS) is 11.9. The van der Waals surface area contributed by atoms with Crippen LogP contribution in [0, 0.1) is 6.92 Å². The molecule has 0 spiro atoms. The monoisotopic (exact) mass is 339 g/mol. The lowest BCUT2D eigenvalue weighted by molar-refractivity contribution is 0.0934. The summed E-state index contributed by atoms with van der Waals surface area (Å²) in [5.41, 5.74) is 2.65. The van der Waals surface area contributed by atoms with Crippen LogP contribution < -0.4 is 10.9 Å². The Labute approximate surface area is 143 Å². The molecule has 24 heavy (non-hydrogen) atoms. The average Bonchev–Trinajstić information content (AvgIpc) is 3.05. The molecule has 0 unspecified atom stereocenters. The lowest BCUT2D eigenvalue weighted by atomic mass is 10.2. The Kier molecular flexibility index (Phi) is 4.57. The second-order valence-corrected chi connectivity index (χ2v) is 6.46. The molecule has 2 N–H and O–H groups in total. The van der Waals surface area contributed by atoms with Gasteiger partial charge in [0.25, 0.3) is 5.91 Å². The summed E-state index contributed by atoms with van der Waals surface area (Å²) in [6, 6.07) is 12.8. The summed E-state index contributed by atoms with van der Waals surface area (Å²) in [4.78, 5) is 30.9. The van der Waals surface area contributed by atoms with Gasteiger partial charge in [-0.1, -0.05) is 30.3 Å². The van der Waals surface area contributed by atoms with E-state index in [9.17, 15) is 9.59 Å². The van der Waals surface area contributed by atoms with Crippen molar-refractivity contribution >= 4 is 17.2 Å². The molecule has 5 nitrogen and oxygen atoms in total. The summed E-state index contributed by atoms with van der Waals surface area (Å²) < 4.78 is 0. The molecule has 3 aromatic rings. The lowest BCUT2D eigenvalue weighted by Gasteiger charge is -2.11. The van der Waals surface area contributed by atoms with E-state index in [4.69, 9.17) is 0 Å². The third kappa shape index (κ3) is 3.60. The van der Waals surface area contributed by atoms with Crippen LogP contribution in [0.3, 0.4) is 0 Å². The summed E-state index contributed by atoms with van der Waals surface area (Å²) >= 11 is 1.50. The molecule has 3 rings (SSSR count). The lowest BCUT2D eigenvalue weighted by Crippen LogP contribution is -2.29. The van der Waals surface area contributed by atoms with Gasteiger partial charge in [-0.25, -0.2) is 4.98 Å². The summed E-state index contributed by atoms with van der Waals surface area (Å²) in [6.07, 6.45) is 0. The average molecular weight is 339 g/mol. The Morgan fingerprint density at radius 1 is 1.25 bits per heavy atom. The molecule has 0 aliphatic rings. The quantitative estimate of drug-likeness (QED) is 0.766. The Balaban J connectivity index is 1.75. The van der Waals surface area contributed by atoms with Crippen LogP contribution in [-0.4, -0.2) is 15.9 Å². The number of aryl methyl sites for hydroxylation is 1. The van der Waals surface area contributed by atoms with Crippen LogP contribution in [0.25, 0.3) is 11.3 Å². The smallest absolute Gasteiger partial charge is 0.268 e. The first-order valence-electron chi connectivity index (χ1n) is 7.55. The van der Waals surface area contributed by atoms with Crippen LogP contribution in [0.1, 0.15) is 34.0 Å². The number of hydrogen-bond donors (Lipinski definition) is 2. The maximum Gasteiger partial charge on any atom is 0.268 e. The fourth-order valence-electron chi connectivity index (χ4n) is 2.37. The fraction of sp³-hybridized carbons (Fsp3) is 0.167. The molecular formula is C18H17N3O2S. The SMILES string of the molecule is Cc1cc(C(=O)N[C@H](C)c2nc(-c3ccccc3)cs2)[nH]c(=O)c1. The molecule has 122 valence electrons. The molecule has 1 atom stereocenters. The zero-order chi connectivity index (χ0) is 17.1. The number of pyridine rings is 1. The molecule has 1 aromatic carbocycles. The molecule has 1 amide bonds. The maximum absolute atomic E-state index is 12.3. The number of hydrogen-bond acceptors (Lipinski definition) is 4. The third-order valence-corrected chi connectivity index (χ3v) is 4.57. The second kappa shape index (κ2) is 6.80. The van der Waals surface area contributed by atoms with E-state index in [0.29, 0.717) is 0 Å². The predicted octanol–water partition coefficient (Wildman–Crippen LogP) is 3.30. The van der Waals surface area contributed by atoms with Crippen molar-refractivity contribution in [2.24, 2.45) is 0 Å². The van der Waals surface area contributed by atoms with Gasteiger partial charge < -0.3 is 10.3 Å². The molecule has 0 bridgehead atoms. The van der Waals surface area contributed by atoms with Gasteiger partial charge in [-0.2, -0.15) is 0 Å². The van der Waals surface area contributed by atoms with Gasteiger partial charge in [-0.3, -0.25) is 9.59 Å². The maximum atomic E-state index is 12.3. The van der Waals surface area contributed by atoms with Crippen molar-refractivity contribution in [1.82, 2.24) is 15.3 Å². The highest BCUT2D eigenvalue weighted by atomic mass is 32.1. The number of benzene rings is 1. The van der Waals surface area contributed by atoms with Gasteiger partial charge in [0.2, 0.25) is 5.56 Å². The Morgan fingerprint density at radius 3 is 2.71 bits per heavy atom.